The summed E-state index contributed by atoms with van der Waals surface area (Å²) in [6.07, 6.45) is 6.17. The van der Waals surface area contributed by atoms with Crippen molar-refractivity contribution in [2.45, 2.75) is 58.0 Å². The number of carboxylic acids is 1. The van der Waals surface area contributed by atoms with Crippen molar-refractivity contribution in [1.29, 1.82) is 0 Å². The Morgan fingerprint density at radius 2 is 1.88 bits per heavy atom. The topological polar surface area (TPSA) is 46.5 Å². The zero-order chi connectivity index (χ0) is 18.1. The van der Waals surface area contributed by atoms with E-state index in [2.05, 4.69) is 30.3 Å². The normalized spacial score (nSPS) is 22.0. The highest BCUT2D eigenvalue weighted by Gasteiger charge is 2.23. The summed E-state index contributed by atoms with van der Waals surface area (Å²) < 4.78 is 6.04. The molecule has 3 nitrogen and oxygen atoms in total. The van der Waals surface area contributed by atoms with Crippen molar-refractivity contribution in [3.63, 3.8) is 0 Å². The number of aliphatic carboxylic acids is 1. The lowest BCUT2D eigenvalue weighted by Gasteiger charge is -2.29. The number of thioether (sulfide) groups is 1. The Morgan fingerprint density at radius 1 is 1.20 bits per heavy atom. The van der Waals surface area contributed by atoms with Crippen molar-refractivity contribution in [2.24, 2.45) is 11.8 Å². The van der Waals surface area contributed by atoms with Crippen molar-refractivity contribution >= 4 is 17.7 Å². The number of carbonyl (C=O) groups is 1. The standard InChI is InChI=1S/C21H32O3S/c1-16(2)20(21(22)23)15-25-14-6-13-24-19-11-9-18(10-12-19)17-7-4-3-5-8-17/h3-5,7-8,16,18-20H,6,9-15H2,1-2H3,(H,22,23). The molecule has 1 aromatic carbocycles. The van der Waals surface area contributed by atoms with Crippen LogP contribution in [0.4, 0.5) is 0 Å². The van der Waals surface area contributed by atoms with Crippen LogP contribution in [0.2, 0.25) is 0 Å². The van der Waals surface area contributed by atoms with Crippen molar-refractivity contribution in [3.05, 3.63) is 35.9 Å². The average Bonchev–Trinajstić information content (AvgIpc) is 2.61. The fourth-order valence-corrected chi connectivity index (χ4v) is 4.73. The molecule has 25 heavy (non-hydrogen) atoms. The van der Waals surface area contributed by atoms with Crippen LogP contribution in [0.1, 0.15) is 57.4 Å². The molecule has 0 bridgehead atoms. The molecule has 4 heteroatoms. The summed E-state index contributed by atoms with van der Waals surface area (Å²) in [5.74, 6) is 1.67. The lowest BCUT2D eigenvalue weighted by atomic mass is 9.83. The minimum atomic E-state index is -0.672. The Balaban J connectivity index is 1.54. The van der Waals surface area contributed by atoms with E-state index in [1.807, 2.05) is 13.8 Å². The van der Waals surface area contributed by atoms with Crippen LogP contribution < -0.4 is 0 Å². The molecule has 0 spiro atoms. The molecule has 1 N–H and O–H groups in total. The molecule has 140 valence electrons. The van der Waals surface area contributed by atoms with Gasteiger partial charge in [0.2, 0.25) is 0 Å². The van der Waals surface area contributed by atoms with Gasteiger partial charge < -0.3 is 9.84 Å². The van der Waals surface area contributed by atoms with Crippen LogP contribution in [-0.2, 0) is 9.53 Å². The number of benzene rings is 1. The molecule has 1 aromatic rings. The lowest BCUT2D eigenvalue weighted by Crippen LogP contribution is -2.22. The van der Waals surface area contributed by atoms with Crippen LogP contribution in [0, 0.1) is 11.8 Å². The lowest BCUT2D eigenvalue weighted by molar-refractivity contribution is -0.142. The Labute approximate surface area is 156 Å². The zero-order valence-electron chi connectivity index (χ0n) is 15.5. The van der Waals surface area contributed by atoms with Gasteiger partial charge in [-0.05, 0) is 55.3 Å². The SMILES string of the molecule is CC(C)C(CSCCCOC1CCC(c2ccccc2)CC1)C(=O)O. The maximum absolute atomic E-state index is 11.2. The van der Waals surface area contributed by atoms with Gasteiger partial charge in [-0.1, -0.05) is 44.2 Å². The number of hydrogen-bond acceptors (Lipinski definition) is 3. The van der Waals surface area contributed by atoms with E-state index >= 15 is 0 Å². The van der Waals surface area contributed by atoms with E-state index in [9.17, 15) is 9.90 Å². The predicted octanol–water partition coefficient (Wildman–Crippen LogP) is 5.21. The van der Waals surface area contributed by atoms with Crippen molar-refractivity contribution in [2.75, 3.05) is 18.1 Å². The third-order valence-corrected chi connectivity index (χ3v) is 6.32. The molecule has 0 aromatic heterocycles. The second-order valence-electron chi connectivity index (χ2n) is 7.37. The quantitative estimate of drug-likeness (QED) is 0.579. The van der Waals surface area contributed by atoms with E-state index in [-0.39, 0.29) is 11.8 Å². The van der Waals surface area contributed by atoms with Gasteiger partial charge in [0.15, 0.2) is 0 Å². The monoisotopic (exact) mass is 364 g/mol. The van der Waals surface area contributed by atoms with Gasteiger partial charge >= 0.3 is 5.97 Å². The van der Waals surface area contributed by atoms with Crippen LogP contribution >= 0.6 is 11.8 Å². The number of rotatable bonds is 10. The van der Waals surface area contributed by atoms with E-state index in [0.717, 1.165) is 31.6 Å². The molecule has 1 unspecified atom stereocenters. The van der Waals surface area contributed by atoms with Gasteiger partial charge in [-0.15, -0.1) is 0 Å². The second-order valence-corrected chi connectivity index (χ2v) is 8.52. The highest BCUT2D eigenvalue weighted by molar-refractivity contribution is 7.99. The Morgan fingerprint density at radius 3 is 2.48 bits per heavy atom. The van der Waals surface area contributed by atoms with Gasteiger partial charge in [-0.2, -0.15) is 11.8 Å². The molecule has 0 radical (unpaired) electrons. The third kappa shape index (κ3) is 7.02. The van der Waals surface area contributed by atoms with E-state index in [4.69, 9.17) is 4.74 Å². The largest absolute Gasteiger partial charge is 0.481 e. The van der Waals surface area contributed by atoms with Crippen LogP contribution in [0.25, 0.3) is 0 Å². The van der Waals surface area contributed by atoms with Gasteiger partial charge in [-0.25, -0.2) is 0 Å². The summed E-state index contributed by atoms with van der Waals surface area (Å²) in [7, 11) is 0. The minimum absolute atomic E-state index is 0.195. The van der Waals surface area contributed by atoms with Crippen LogP contribution in [0.5, 0.6) is 0 Å². The molecule has 0 saturated heterocycles. The first-order valence-corrected chi connectivity index (χ1v) is 10.7. The minimum Gasteiger partial charge on any atom is -0.481 e. The third-order valence-electron chi connectivity index (χ3n) is 5.15. The van der Waals surface area contributed by atoms with Gasteiger partial charge in [0.25, 0.3) is 0 Å². The molecule has 1 saturated carbocycles. The zero-order valence-corrected chi connectivity index (χ0v) is 16.3. The highest BCUT2D eigenvalue weighted by atomic mass is 32.2. The first-order valence-electron chi connectivity index (χ1n) is 9.55. The van der Waals surface area contributed by atoms with Crippen LogP contribution in [0.3, 0.4) is 0 Å². The first-order chi connectivity index (χ1) is 12.1. The maximum atomic E-state index is 11.2. The Hall–Kier alpha value is -1.00. The highest BCUT2D eigenvalue weighted by Crippen LogP contribution is 2.33. The van der Waals surface area contributed by atoms with Gasteiger partial charge in [0, 0.05) is 12.4 Å². The van der Waals surface area contributed by atoms with E-state index in [0.29, 0.717) is 17.8 Å². The molecule has 1 aliphatic rings. The Kier molecular flexibility index (Phi) is 8.83. The number of hydrogen-bond donors (Lipinski definition) is 1. The summed E-state index contributed by atoms with van der Waals surface area (Å²) in [5.41, 5.74) is 1.47. The summed E-state index contributed by atoms with van der Waals surface area (Å²) in [6.45, 7) is 4.76. The van der Waals surface area contributed by atoms with Gasteiger partial charge in [0.05, 0.1) is 12.0 Å². The molecule has 1 fully saturated rings. The molecular formula is C21H32O3S. The van der Waals surface area contributed by atoms with Crippen LogP contribution in [0.15, 0.2) is 30.3 Å². The first kappa shape index (κ1) is 20.3. The summed E-state index contributed by atoms with van der Waals surface area (Å²) in [4.78, 5) is 11.2. The second kappa shape index (κ2) is 10.9. The molecule has 2 rings (SSSR count). The molecule has 0 aliphatic heterocycles. The molecule has 0 amide bonds. The van der Waals surface area contributed by atoms with E-state index in [1.165, 1.54) is 18.4 Å². The molecule has 1 aliphatic carbocycles. The fourth-order valence-electron chi connectivity index (χ4n) is 3.46. The van der Waals surface area contributed by atoms with Crippen molar-refractivity contribution < 1.29 is 14.6 Å². The van der Waals surface area contributed by atoms with E-state index < -0.39 is 5.97 Å². The van der Waals surface area contributed by atoms with Gasteiger partial charge in [0.1, 0.15) is 0 Å². The summed E-state index contributed by atoms with van der Waals surface area (Å²) in [5, 5.41) is 9.18. The number of carboxylic acid groups (broad SMARTS) is 1. The summed E-state index contributed by atoms with van der Waals surface area (Å²) >= 11 is 1.74. The van der Waals surface area contributed by atoms with Crippen LogP contribution in [-0.4, -0.2) is 35.3 Å². The predicted molar refractivity (Wildman–Crippen MR) is 105 cm³/mol. The Bertz CT molecular complexity index is 495. The number of ether oxygens (including phenoxy) is 1. The molecular weight excluding hydrogens is 332 g/mol. The molecule has 0 heterocycles. The van der Waals surface area contributed by atoms with Gasteiger partial charge in [-0.3, -0.25) is 4.79 Å². The maximum Gasteiger partial charge on any atom is 0.307 e. The van der Waals surface area contributed by atoms with Crippen molar-refractivity contribution in [3.8, 4) is 0 Å². The average molecular weight is 365 g/mol. The van der Waals surface area contributed by atoms with Crippen molar-refractivity contribution in [1.82, 2.24) is 0 Å². The smallest absolute Gasteiger partial charge is 0.307 e. The van der Waals surface area contributed by atoms with E-state index in [1.54, 1.807) is 11.8 Å². The summed E-state index contributed by atoms with van der Waals surface area (Å²) in [6, 6.07) is 10.8. The molecule has 1 atom stereocenters. The fraction of sp³-hybridized carbons (Fsp3) is 0.667.